The fourth-order valence-electron chi connectivity index (χ4n) is 1.43. The van der Waals surface area contributed by atoms with Crippen molar-refractivity contribution < 1.29 is 22.8 Å². The monoisotopic (exact) mass is 224 g/mol. The van der Waals surface area contributed by atoms with E-state index in [1.165, 1.54) is 0 Å². The highest BCUT2D eigenvalue weighted by Crippen LogP contribution is 2.32. The average Bonchev–Trinajstić information content (AvgIpc) is 2.05. The lowest BCUT2D eigenvalue weighted by Gasteiger charge is -2.35. The molecule has 4 nitrogen and oxygen atoms in total. The van der Waals surface area contributed by atoms with Crippen LogP contribution < -0.4 is 0 Å². The highest BCUT2D eigenvalue weighted by atomic mass is 19.4. The van der Waals surface area contributed by atoms with E-state index in [0.717, 1.165) is 6.92 Å². The van der Waals surface area contributed by atoms with Crippen molar-refractivity contribution in [2.75, 3.05) is 0 Å². The van der Waals surface area contributed by atoms with E-state index < -0.39 is 18.2 Å². The summed E-state index contributed by atoms with van der Waals surface area (Å²) in [4.78, 5) is 15.0. The van der Waals surface area contributed by atoms with Gasteiger partial charge in [-0.3, -0.25) is 10.2 Å². The van der Waals surface area contributed by atoms with E-state index in [1.807, 2.05) is 0 Å². The van der Waals surface area contributed by atoms with Crippen LogP contribution >= 0.6 is 0 Å². The molecule has 1 atom stereocenters. The Morgan fingerprint density at radius 1 is 1.60 bits per heavy atom. The fourth-order valence-corrected chi connectivity index (χ4v) is 1.43. The van der Waals surface area contributed by atoms with Crippen LogP contribution in [0.15, 0.2) is 0 Å². The third-order valence-corrected chi connectivity index (χ3v) is 2.04. The van der Waals surface area contributed by atoms with Crippen molar-refractivity contribution in [3.05, 3.63) is 0 Å². The van der Waals surface area contributed by atoms with E-state index in [1.54, 1.807) is 0 Å². The third kappa shape index (κ3) is 2.84. The molecule has 0 aliphatic carbocycles. The molecule has 1 aliphatic rings. The number of rotatable bonds is 1. The Morgan fingerprint density at radius 3 is 2.67 bits per heavy atom. The van der Waals surface area contributed by atoms with Gasteiger partial charge in [-0.05, 0) is 12.8 Å². The van der Waals surface area contributed by atoms with Crippen LogP contribution in [-0.4, -0.2) is 29.1 Å². The van der Waals surface area contributed by atoms with E-state index in [2.05, 4.69) is 4.84 Å². The fraction of sp³-hybridized carbons (Fsp3) is 0.750. The summed E-state index contributed by atoms with van der Waals surface area (Å²) in [6, 6.07) is -1.89. The van der Waals surface area contributed by atoms with Gasteiger partial charge >= 0.3 is 12.1 Å². The maximum absolute atomic E-state index is 12.5. The standard InChI is InChI=1S/C8H11F3N2O2/c1-5(14)15-13-6(8(9,10)11)3-2-4-7(13)12/h6,12H,2-4H2,1H3. The van der Waals surface area contributed by atoms with Crippen LogP contribution in [0.1, 0.15) is 26.2 Å². The molecule has 0 aromatic carbocycles. The van der Waals surface area contributed by atoms with E-state index in [-0.39, 0.29) is 25.1 Å². The van der Waals surface area contributed by atoms with Gasteiger partial charge in [0.2, 0.25) is 0 Å². The van der Waals surface area contributed by atoms with Gasteiger partial charge in [-0.1, -0.05) is 0 Å². The minimum absolute atomic E-state index is 0.154. The molecular formula is C8H11F3N2O2. The molecule has 0 aromatic heterocycles. The van der Waals surface area contributed by atoms with Crippen LogP contribution in [0.4, 0.5) is 13.2 Å². The molecule has 0 amide bonds. The lowest BCUT2D eigenvalue weighted by Crippen LogP contribution is -2.51. The van der Waals surface area contributed by atoms with Gasteiger partial charge < -0.3 is 4.84 Å². The molecule has 1 aliphatic heterocycles. The number of carbonyl (C=O) groups is 1. The summed E-state index contributed by atoms with van der Waals surface area (Å²) in [5, 5.41) is 7.67. The lowest BCUT2D eigenvalue weighted by atomic mass is 10.0. The first-order valence-electron chi connectivity index (χ1n) is 4.44. The second-order valence-corrected chi connectivity index (χ2v) is 3.30. The molecule has 0 spiro atoms. The van der Waals surface area contributed by atoms with Gasteiger partial charge in [-0.25, -0.2) is 0 Å². The third-order valence-electron chi connectivity index (χ3n) is 2.04. The molecule has 1 N–H and O–H groups in total. The minimum Gasteiger partial charge on any atom is -0.339 e. The quantitative estimate of drug-likeness (QED) is 0.739. The highest BCUT2D eigenvalue weighted by molar-refractivity contribution is 5.81. The number of halogens is 3. The number of hydrogen-bond acceptors (Lipinski definition) is 3. The van der Waals surface area contributed by atoms with Crippen molar-refractivity contribution in [3.63, 3.8) is 0 Å². The zero-order valence-electron chi connectivity index (χ0n) is 8.10. The number of alkyl halides is 3. The number of carbonyl (C=O) groups excluding carboxylic acids is 1. The van der Waals surface area contributed by atoms with Crippen molar-refractivity contribution in [2.45, 2.75) is 38.4 Å². The lowest BCUT2D eigenvalue weighted by molar-refractivity contribution is -0.242. The van der Waals surface area contributed by atoms with Crippen LogP contribution in [0.25, 0.3) is 0 Å². The van der Waals surface area contributed by atoms with Crippen molar-refractivity contribution in [3.8, 4) is 0 Å². The molecule has 86 valence electrons. The Bertz CT molecular complexity index is 278. The largest absolute Gasteiger partial charge is 0.412 e. The second kappa shape index (κ2) is 4.08. The van der Waals surface area contributed by atoms with Crippen LogP contribution in [-0.2, 0) is 9.63 Å². The average molecular weight is 224 g/mol. The van der Waals surface area contributed by atoms with E-state index >= 15 is 0 Å². The summed E-state index contributed by atoms with van der Waals surface area (Å²) in [5.74, 6) is -1.16. The number of nitrogens with zero attached hydrogens (tertiary/aromatic N) is 1. The van der Waals surface area contributed by atoms with Crippen LogP contribution in [0.3, 0.4) is 0 Å². The molecule has 7 heteroatoms. The molecule has 0 aromatic rings. The van der Waals surface area contributed by atoms with Gasteiger partial charge in [0.05, 0.1) is 0 Å². The summed E-state index contributed by atoms with van der Waals surface area (Å²) in [6.07, 6.45) is -4.16. The zero-order chi connectivity index (χ0) is 11.6. The maximum atomic E-state index is 12.5. The first-order valence-corrected chi connectivity index (χ1v) is 4.44. The molecule has 0 bridgehead atoms. The molecule has 1 saturated heterocycles. The molecular weight excluding hydrogens is 213 g/mol. The van der Waals surface area contributed by atoms with Gasteiger partial charge in [-0.15, -0.1) is 0 Å². The van der Waals surface area contributed by atoms with Gasteiger partial charge in [0.1, 0.15) is 5.84 Å². The first kappa shape index (κ1) is 11.8. The number of hydrogen-bond donors (Lipinski definition) is 1. The van der Waals surface area contributed by atoms with E-state index in [4.69, 9.17) is 5.41 Å². The number of nitrogens with one attached hydrogen (secondary N) is 1. The molecule has 0 saturated carbocycles. The summed E-state index contributed by atoms with van der Waals surface area (Å²) in [7, 11) is 0. The smallest absolute Gasteiger partial charge is 0.339 e. The Balaban J connectivity index is 2.82. The summed E-state index contributed by atoms with van der Waals surface area (Å²) < 4.78 is 37.5. The number of amidine groups is 1. The first-order chi connectivity index (χ1) is 6.82. The summed E-state index contributed by atoms with van der Waals surface area (Å²) >= 11 is 0. The van der Waals surface area contributed by atoms with Crippen LogP contribution in [0.2, 0.25) is 0 Å². The van der Waals surface area contributed by atoms with Crippen molar-refractivity contribution >= 4 is 11.8 Å². The zero-order valence-corrected chi connectivity index (χ0v) is 8.10. The summed E-state index contributed by atoms with van der Waals surface area (Å²) in [5.41, 5.74) is 0. The van der Waals surface area contributed by atoms with Crippen LogP contribution in [0.5, 0.6) is 0 Å². The van der Waals surface area contributed by atoms with Crippen molar-refractivity contribution in [1.29, 1.82) is 5.41 Å². The van der Waals surface area contributed by atoms with Crippen LogP contribution in [0, 0.1) is 5.41 Å². The van der Waals surface area contributed by atoms with Gasteiger partial charge in [0.25, 0.3) is 0 Å². The van der Waals surface area contributed by atoms with Gasteiger partial charge in [0, 0.05) is 13.3 Å². The molecule has 1 unspecified atom stereocenters. The molecule has 15 heavy (non-hydrogen) atoms. The molecule has 1 fully saturated rings. The Hall–Kier alpha value is -1.27. The Morgan fingerprint density at radius 2 is 2.20 bits per heavy atom. The van der Waals surface area contributed by atoms with Crippen molar-refractivity contribution in [2.24, 2.45) is 0 Å². The predicted molar refractivity (Wildman–Crippen MR) is 45.0 cm³/mol. The Labute approximate surface area is 84.5 Å². The highest BCUT2D eigenvalue weighted by Gasteiger charge is 2.47. The van der Waals surface area contributed by atoms with Gasteiger partial charge in [-0.2, -0.15) is 18.2 Å². The Kier molecular flexibility index (Phi) is 3.21. The van der Waals surface area contributed by atoms with E-state index in [9.17, 15) is 18.0 Å². The number of piperidine rings is 1. The predicted octanol–water partition coefficient (Wildman–Crippen LogP) is 1.86. The SMILES string of the molecule is CC(=O)ON1C(=N)CCCC1C(F)(F)F. The molecule has 1 heterocycles. The molecule has 0 radical (unpaired) electrons. The minimum atomic E-state index is -4.48. The second-order valence-electron chi connectivity index (χ2n) is 3.30. The van der Waals surface area contributed by atoms with Gasteiger partial charge in [0.15, 0.2) is 6.04 Å². The van der Waals surface area contributed by atoms with E-state index in [0.29, 0.717) is 5.06 Å². The number of hydroxylamine groups is 2. The van der Waals surface area contributed by atoms with Crippen molar-refractivity contribution in [1.82, 2.24) is 5.06 Å². The molecule has 1 rings (SSSR count). The normalized spacial score (nSPS) is 22.8. The topological polar surface area (TPSA) is 53.4 Å². The summed E-state index contributed by atoms with van der Waals surface area (Å²) in [6.45, 7) is 1.01. The maximum Gasteiger partial charge on any atom is 0.412 e.